The fraction of sp³-hybridized carbons (Fsp3) is 0.440. The van der Waals surface area contributed by atoms with Crippen LogP contribution in [-0.4, -0.2) is 12.6 Å². The summed E-state index contributed by atoms with van der Waals surface area (Å²) in [7, 11) is 0. The van der Waals surface area contributed by atoms with Gasteiger partial charge < -0.3 is 5.32 Å². The summed E-state index contributed by atoms with van der Waals surface area (Å²) in [5, 5.41) is 3.58. The number of benzene rings is 1. The number of allylic oxidation sites excluding steroid dienone is 5. The number of terminal acetylenes is 1. The van der Waals surface area contributed by atoms with Crippen molar-refractivity contribution in [1.29, 1.82) is 0 Å². The molecule has 0 amide bonds. The Kier molecular flexibility index (Phi) is 10.4. The van der Waals surface area contributed by atoms with Crippen molar-refractivity contribution in [3.05, 3.63) is 64.8 Å². The second kappa shape index (κ2) is 12.3. The molecule has 0 fully saturated rings. The molecule has 0 aromatic heterocycles. The van der Waals surface area contributed by atoms with Gasteiger partial charge in [-0.25, -0.2) is 0 Å². The topological polar surface area (TPSA) is 12.0 Å². The van der Waals surface area contributed by atoms with E-state index in [1.165, 1.54) is 29.5 Å². The van der Waals surface area contributed by atoms with Crippen LogP contribution < -0.4 is 5.32 Å². The molecule has 1 atom stereocenters. The van der Waals surface area contributed by atoms with Crippen LogP contribution in [0.3, 0.4) is 0 Å². The maximum Gasteiger partial charge on any atom is 0.00900 e. The van der Waals surface area contributed by atoms with Gasteiger partial charge in [0.1, 0.15) is 0 Å². The standard InChI is InChI=1S/C25H35N/c1-7-14-23(22(6)19-24-17-13-12-15-21(24)5)16-10-9-11-18-25(20(3)4)26-8-2/h1,10,12-17,19-20,25-26H,8-9,11,18H2,2-6H3/b16-10-,22-19+,23-14+. The molecular weight excluding hydrogens is 314 g/mol. The summed E-state index contributed by atoms with van der Waals surface area (Å²) in [6.45, 7) is 12.1. The van der Waals surface area contributed by atoms with Crippen LogP contribution in [0.15, 0.2) is 53.6 Å². The molecule has 0 saturated heterocycles. The molecule has 1 aromatic carbocycles. The van der Waals surface area contributed by atoms with E-state index in [2.05, 4.69) is 88.3 Å². The molecule has 1 N–H and O–H groups in total. The molecule has 1 unspecified atom stereocenters. The Labute approximate surface area is 161 Å². The highest BCUT2D eigenvalue weighted by molar-refractivity contribution is 5.62. The van der Waals surface area contributed by atoms with Gasteiger partial charge in [-0.05, 0) is 73.9 Å². The van der Waals surface area contributed by atoms with Crippen molar-refractivity contribution in [1.82, 2.24) is 5.32 Å². The van der Waals surface area contributed by atoms with E-state index in [0.717, 1.165) is 18.5 Å². The first-order valence-corrected chi connectivity index (χ1v) is 9.80. The Morgan fingerprint density at radius 3 is 2.62 bits per heavy atom. The monoisotopic (exact) mass is 349 g/mol. The number of hydrogen-bond donors (Lipinski definition) is 1. The number of hydrogen-bond acceptors (Lipinski definition) is 1. The second-order valence-electron chi connectivity index (χ2n) is 7.19. The van der Waals surface area contributed by atoms with Crippen LogP contribution in [0.5, 0.6) is 0 Å². The minimum atomic E-state index is 0.608. The minimum absolute atomic E-state index is 0.608. The molecule has 140 valence electrons. The van der Waals surface area contributed by atoms with E-state index in [-0.39, 0.29) is 0 Å². The first-order chi connectivity index (χ1) is 12.5. The van der Waals surface area contributed by atoms with Crippen LogP contribution in [-0.2, 0) is 0 Å². The molecule has 0 saturated carbocycles. The van der Waals surface area contributed by atoms with E-state index in [9.17, 15) is 0 Å². The van der Waals surface area contributed by atoms with Gasteiger partial charge in [-0.2, -0.15) is 0 Å². The van der Waals surface area contributed by atoms with Crippen molar-refractivity contribution < 1.29 is 0 Å². The average Bonchev–Trinajstić information content (AvgIpc) is 2.61. The van der Waals surface area contributed by atoms with Gasteiger partial charge >= 0.3 is 0 Å². The summed E-state index contributed by atoms with van der Waals surface area (Å²) in [5.74, 6) is 3.35. The maximum absolute atomic E-state index is 5.53. The van der Waals surface area contributed by atoms with Crippen LogP contribution >= 0.6 is 0 Å². The normalized spacial score (nSPS) is 14.0. The highest BCUT2D eigenvalue weighted by Crippen LogP contribution is 2.18. The van der Waals surface area contributed by atoms with Crippen molar-refractivity contribution in [3.63, 3.8) is 0 Å². The Hall–Kier alpha value is -2.04. The lowest BCUT2D eigenvalue weighted by atomic mass is 9.97. The first-order valence-electron chi connectivity index (χ1n) is 9.80. The van der Waals surface area contributed by atoms with Crippen molar-refractivity contribution in [2.45, 2.75) is 59.9 Å². The third-order valence-corrected chi connectivity index (χ3v) is 4.71. The molecular formula is C25H35N. The molecule has 26 heavy (non-hydrogen) atoms. The van der Waals surface area contributed by atoms with Gasteiger partial charge in [-0.3, -0.25) is 0 Å². The smallest absolute Gasteiger partial charge is 0.00900 e. The third-order valence-electron chi connectivity index (χ3n) is 4.71. The van der Waals surface area contributed by atoms with Crippen LogP contribution in [0.4, 0.5) is 0 Å². The molecule has 1 heteroatoms. The number of aryl methyl sites for hydroxylation is 1. The zero-order valence-electron chi connectivity index (χ0n) is 17.2. The van der Waals surface area contributed by atoms with Crippen LogP contribution in [0, 0.1) is 25.2 Å². The van der Waals surface area contributed by atoms with Gasteiger partial charge in [0.05, 0.1) is 0 Å². The van der Waals surface area contributed by atoms with Gasteiger partial charge in [-0.15, -0.1) is 6.42 Å². The lowest BCUT2D eigenvalue weighted by Gasteiger charge is -2.21. The first kappa shape index (κ1) is 22.0. The maximum atomic E-state index is 5.53. The number of rotatable bonds is 10. The lowest BCUT2D eigenvalue weighted by Crippen LogP contribution is -2.33. The summed E-state index contributed by atoms with van der Waals surface area (Å²) in [4.78, 5) is 0. The largest absolute Gasteiger partial charge is 0.314 e. The Bertz CT molecular complexity index is 668. The van der Waals surface area contributed by atoms with E-state index in [1.54, 1.807) is 0 Å². The average molecular weight is 350 g/mol. The summed E-state index contributed by atoms with van der Waals surface area (Å²) in [6, 6.07) is 9.02. The summed E-state index contributed by atoms with van der Waals surface area (Å²) in [5.41, 5.74) is 4.83. The molecule has 1 nitrogen and oxygen atoms in total. The Morgan fingerprint density at radius 2 is 2.00 bits per heavy atom. The molecule has 1 rings (SSSR count). The van der Waals surface area contributed by atoms with Gasteiger partial charge in [0, 0.05) is 6.04 Å². The molecule has 0 heterocycles. The van der Waals surface area contributed by atoms with Crippen LogP contribution in [0.2, 0.25) is 0 Å². The van der Waals surface area contributed by atoms with Gasteiger partial charge in [0.15, 0.2) is 0 Å². The number of unbranched alkanes of at least 4 members (excludes halogenated alkanes) is 1. The molecule has 0 aliphatic rings. The van der Waals surface area contributed by atoms with E-state index < -0.39 is 0 Å². The molecule has 0 aliphatic carbocycles. The third kappa shape index (κ3) is 7.89. The minimum Gasteiger partial charge on any atom is -0.314 e. The van der Waals surface area contributed by atoms with E-state index >= 15 is 0 Å². The Morgan fingerprint density at radius 1 is 1.27 bits per heavy atom. The van der Waals surface area contributed by atoms with Crippen molar-refractivity contribution in [2.75, 3.05) is 6.54 Å². The zero-order valence-corrected chi connectivity index (χ0v) is 17.2. The fourth-order valence-corrected chi connectivity index (χ4v) is 3.05. The second-order valence-corrected chi connectivity index (χ2v) is 7.19. The summed E-state index contributed by atoms with van der Waals surface area (Å²) >= 11 is 0. The summed E-state index contributed by atoms with van der Waals surface area (Å²) < 4.78 is 0. The SMILES string of the molecule is C#C/C=C(\C=C/CCCC(NCC)C(C)C)C(/C)=C/c1ccccc1C. The zero-order chi connectivity index (χ0) is 19.4. The highest BCUT2D eigenvalue weighted by Gasteiger charge is 2.10. The highest BCUT2D eigenvalue weighted by atomic mass is 14.9. The molecule has 0 radical (unpaired) electrons. The predicted molar refractivity (Wildman–Crippen MR) is 117 cm³/mol. The Balaban J connectivity index is 2.68. The van der Waals surface area contributed by atoms with Crippen LogP contribution in [0.1, 0.15) is 58.1 Å². The van der Waals surface area contributed by atoms with Crippen molar-refractivity contribution in [3.8, 4) is 12.3 Å². The van der Waals surface area contributed by atoms with E-state index in [1.807, 2.05) is 6.08 Å². The van der Waals surface area contributed by atoms with Gasteiger partial charge in [0.25, 0.3) is 0 Å². The molecule has 0 bridgehead atoms. The fourth-order valence-electron chi connectivity index (χ4n) is 3.05. The summed E-state index contributed by atoms with van der Waals surface area (Å²) in [6.07, 6.45) is 17.5. The van der Waals surface area contributed by atoms with E-state index in [4.69, 9.17) is 6.42 Å². The van der Waals surface area contributed by atoms with E-state index in [0.29, 0.717) is 12.0 Å². The lowest BCUT2D eigenvalue weighted by molar-refractivity contribution is 0.378. The predicted octanol–water partition coefficient (Wildman–Crippen LogP) is 6.32. The van der Waals surface area contributed by atoms with Gasteiger partial charge in [-0.1, -0.05) is 69.2 Å². The van der Waals surface area contributed by atoms with Gasteiger partial charge in [0.2, 0.25) is 0 Å². The van der Waals surface area contributed by atoms with Crippen molar-refractivity contribution >= 4 is 6.08 Å². The molecule has 1 aromatic rings. The number of nitrogens with one attached hydrogen (secondary N) is 1. The quantitative estimate of drug-likeness (QED) is 0.296. The van der Waals surface area contributed by atoms with Crippen LogP contribution in [0.25, 0.3) is 6.08 Å². The van der Waals surface area contributed by atoms with Crippen molar-refractivity contribution in [2.24, 2.45) is 5.92 Å². The molecule has 0 spiro atoms. The molecule has 0 aliphatic heterocycles.